The zero-order valence-corrected chi connectivity index (χ0v) is 13.1. The molecule has 0 saturated carbocycles. The molecule has 1 aromatic rings. The number of hydrogen-bond acceptors (Lipinski definition) is 4. The second-order valence-electron chi connectivity index (χ2n) is 4.80. The van der Waals surface area contributed by atoms with Crippen molar-refractivity contribution < 1.29 is 14.8 Å². The van der Waals surface area contributed by atoms with Crippen molar-refractivity contribution in [2.24, 2.45) is 0 Å². The summed E-state index contributed by atoms with van der Waals surface area (Å²) in [6.45, 7) is 5.68. The lowest BCUT2D eigenvalue weighted by Crippen LogP contribution is -2.24. The summed E-state index contributed by atoms with van der Waals surface area (Å²) in [7, 11) is 0. The Bertz CT molecular complexity index is 508. The molecule has 0 fully saturated rings. The number of benzene rings is 1. The van der Waals surface area contributed by atoms with E-state index in [1.807, 2.05) is 6.07 Å². The number of carboxylic acids is 1. The zero-order valence-electron chi connectivity index (χ0n) is 12.3. The van der Waals surface area contributed by atoms with Crippen molar-refractivity contribution in [3.63, 3.8) is 0 Å². The third kappa shape index (κ3) is 7.75. The Labute approximate surface area is 136 Å². The van der Waals surface area contributed by atoms with Crippen LogP contribution in [0.25, 0.3) is 0 Å². The topological polar surface area (TPSA) is 83.7 Å². The smallest absolute Gasteiger partial charge is 0.303 e. The summed E-state index contributed by atoms with van der Waals surface area (Å²) in [5.41, 5.74) is 0.946. The third-order valence-electron chi connectivity index (χ3n) is 3.03. The predicted molar refractivity (Wildman–Crippen MR) is 87.3 cm³/mol. The number of nitrogens with zero attached hydrogens (tertiary/aromatic N) is 2. The molecular weight excluding hydrogens is 308 g/mol. The molecule has 7 heteroatoms. The van der Waals surface area contributed by atoms with Crippen LogP contribution in [-0.4, -0.2) is 34.0 Å². The van der Waals surface area contributed by atoms with Gasteiger partial charge in [0.1, 0.15) is 0 Å². The van der Waals surface area contributed by atoms with Gasteiger partial charge in [0.25, 0.3) is 5.69 Å². The highest BCUT2D eigenvalue weighted by Gasteiger charge is 2.09. The normalized spacial score (nSPS) is 10.0. The second kappa shape index (κ2) is 10.8. The molecule has 0 aliphatic carbocycles. The minimum absolute atomic E-state index is 0. The van der Waals surface area contributed by atoms with Crippen LogP contribution in [0.1, 0.15) is 24.8 Å². The fraction of sp³-hybridized carbons (Fsp3) is 0.400. The van der Waals surface area contributed by atoms with Crippen LogP contribution in [0.15, 0.2) is 36.9 Å². The number of carbonyl (C=O) groups is 1. The molecule has 22 heavy (non-hydrogen) atoms. The summed E-state index contributed by atoms with van der Waals surface area (Å²) >= 11 is 0. The maximum absolute atomic E-state index is 10.8. The van der Waals surface area contributed by atoms with Gasteiger partial charge in [-0.25, -0.2) is 0 Å². The number of rotatable bonds is 10. The number of aliphatic carboxylic acids is 1. The van der Waals surface area contributed by atoms with Gasteiger partial charge in [0.05, 0.1) is 4.92 Å². The van der Waals surface area contributed by atoms with Crippen molar-refractivity contribution in [1.29, 1.82) is 0 Å². The molecule has 0 saturated heterocycles. The summed E-state index contributed by atoms with van der Waals surface area (Å²) in [6, 6.07) is 6.55. The standard InChI is InChI=1S/C15H20N2O4.ClH/c1-2-9-16(10-4-3-8-15(18)19)12-13-6-5-7-14(11-13)17(20)21;/h2,5-7,11H,1,3-4,8-10,12H2,(H,18,19);1H. The van der Waals surface area contributed by atoms with E-state index in [4.69, 9.17) is 5.11 Å². The minimum Gasteiger partial charge on any atom is -0.481 e. The molecule has 122 valence electrons. The molecule has 0 aliphatic heterocycles. The number of nitro benzene ring substituents is 1. The van der Waals surface area contributed by atoms with E-state index in [1.165, 1.54) is 6.07 Å². The second-order valence-corrected chi connectivity index (χ2v) is 4.80. The molecule has 0 amide bonds. The van der Waals surface area contributed by atoms with E-state index in [0.717, 1.165) is 18.5 Å². The van der Waals surface area contributed by atoms with Crippen molar-refractivity contribution in [2.75, 3.05) is 13.1 Å². The number of hydrogen-bond donors (Lipinski definition) is 1. The SMILES string of the molecule is C=CCN(CCCCC(=O)O)Cc1cccc([N+](=O)[O-])c1.Cl. The van der Waals surface area contributed by atoms with Crippen LogP contribution in [0.2, 0.25) is 0 Å². The largest absolute Gasteiger partial charge is 0.481 e. The molecule has 6 nitrogen and oxygen atoms in total. The quantitative estimate of drug-likeness (QED) is 0.308. The van der Waals surface area contributed by atoms with Crippen molar-refractivity contribution in [3.05, 3.63) is 52.6 Å². The van der Waals surface area contributed by atoms with Gasteiger partial charge >= 0.3 is 5.97 Å². The summed E-state index contributed by atoms with van der Waals surface area (Å²) in [4.78, 5) is 22.9. The first kappa shape index (κ1) is 20.1. The Balaban J connectivity index is 0.00000441. The summed E-state index contributed by atoms with van der Waals surface area (Å²) in [6.07, 6.45) is 3.33. The summed E-state index contributed by atoms with van der Waals surface area (Å²) < 4.78 is 0. The van der Waals surface area contributed by atoms with E-state index in [0.29, 0.717) is 19.5 Å². The first-order valence-electron chi connectivity index (χ1n) is 6.81. The Morgan fingerprint density at radius 1 is 1.41 bits per heavy atom. The highest BCUT2D eigenvalue weighted by Crippen LogP contribution is 2.15. The van der Waals surface area contributed by atoms with E-state index in [1.54, 1.807) is 18.2 Å². The first-order chi connectivity index (χ1) is 10.0. The molecule has 0 radical (unpaired) electrons. The van der Waals surface area contributed by atoms with Gasteiger partial charge in [-0.15, -0.1) is 19.0 Å². The molecule has 0 atom stereocenters. The molecule has 1 rings (SSSR count). The fourth-order valence-corrected chi connectivity index (χ4v) is 2.06. The van der Waals surface area contributed by atoms with Crippen LogP contribution in [0.4, 0.5) is 5.69 Å². The first-order valence-corrected chi connectivity index (χ1v) is 6.81. The van der Waals surface area contributed by atoms with Gasteiger partial charge in [0.15, 0.2) is 0 Å². The highest BCUT2D eigenvalue weighted by molar-refractivity contribution is 5.85. The molecule has 1 N–H and O–H groups in total. The number of halogens is 1. The van der Waals surface area contributed by atoms with Crippen LogP contribution in [0.5, 0.6) is 0 Å². The van der Waals surface area contributed by atoms with Crippen LogP contribution in [-0.2, 0) is 11.3 Å². The van der Waals surface area contributed by atoms with E-state index in [-0.39, 0.29) is 24.5 Å². The maximum atomic E-state index is 10.8. The van der Waals surface area contributed by atoms with E-state index in [9.17, 15) is 14.9 Å². The van der Waals surface area contributed by atoms with Gasteiger partial charge in [0, 0.05) is 31.6 Å². The molecule has 0 unspecified atom stereocenters. The Morgan fingerprint density at radius 3 is 2.73 bits per heavy atom. The van der Waals surface area contributed by atoms with Crippen LogP contribution in [0, 0.1) is 10.1 Å². The van der Waals surface area contributed by atoms with Crippen molar-refractivity contribution in [3.8, 4) is 0 Å². The van der Waals surface area contributed by atoms with Gasteiger partial charge in [-0.05, 0) is 24.9 Å². The molecule has 0 bridgehead atoms. The summed E-state index contributed by atoms with van der Waals surface area (Å²) in [5, 5.41) is 19.4. The van der Waals surface area contributed by atoms with E-state index in [2.05, 4.69) is 11.5 Å². The average Bonchev–Trinajstić information content (AvgIpc) is 2.43. The van der Waals surface area contributed by atoms with Crippen LogP contribution in [0.3, 0.4) is 0 Å². The minimum atomic E-state index is -0.788. The van der Waals surface area contributed by atoms with Gasteiger partial charge in [-0.3, -0.25) is 19.8 Å². The number of nitro groups is 1. The predicted octanol–water partition coefficient (Wildman–Crippen LogP) is 3.26. The average molecular weight is 329 g/mol. The van der Waals surface area contributed by atoms with Gasteiger partial charge in [0.2, 0.25) is 0 Å². The molecule has 0 spiro atoms. The lowest BCUT2D eigenvalue weighted by atomic mass is 10.1. The van der Waals surface area contributed by atoms with Gasteiger partial charge in [-0.2, -0.15) is 0 Å². The zero-order chi connectivity index (χ0) is 15.7. The monoisotopic (exact) mass is 328 g/mol. The van der Waals surface area contributed by atoms with Crippen molar-refractivity contribution in [1.82, 2.24) is 4.90 Å². The molecule has 0 heterocycles. The molecular formula is C15H21ClN2O4. The Kier molecular flexibility index (Phi) is 9.82. The van der Waals surface area contributed by atoms with Crippen molar-refractivity contribution >= 4 is 24.1 Å². The maximum Gasteiger partial charge on any atom is 0.303 e. The van der Waals surface area contributed by atoms with Gasteiger partial charge in [-0.1, -0.05) is 18.2 Å². The number of non-ortho nitro benzene ring substituents is 1. The fourth-order valence-electron chi connectivity index (χ4n) is 2.06. The Morgan fingerprint density at radius 2 is 2.14 bits per heavy atom. The number of carboxylic acid groups (broad SMARTS) is 1. The molecule has 0 aromatic heterocycles. The van der Waals surface area contributed by atoms with Crippen molar-refractivity contribution in [2.45, 2.75) is 25.8 Å². The van der Waals surface area contributed by atoms with E-state index >= 15 is 0 Å². The molecule has 0 aliphatic rings. The Hall–Kier alpha value is -1.92. The lowest BCUT2D eigenvalue weighted by Gasteiger charge is -2.20. The lowest BCUT2D eigenvalue weighted by molar-refractivity contribution is -0.384. The molecule has 1 aromatic carbocycles. The van der Waals surface area contributed by atoms with E-state index < -0.39 is 10.9 Å². The number of unbranched alkanes of at least 4 members (excludes halogenated alkanes) is 1. The van der Waals surface area contributed by atoms with Gasteiger partial charge < -0.3 is 5.11 Å². The highest BCUT2D eigenvalue weighted by atomic mass is 35.5. The van der Waals surface area contributed by atoms with Crippen LogP contribution < -0.4 is 0 Å². The van der Waals surface area contributed by atoms with Crippen LogP contribution >= 0.6 is 12.4 Å². The third-order valence-corrected chi connectivity index (χ3v) is 3.03. The summed E-state index contributed by atoms with van der Waals surface area (Å²) in [5.74, 6) is -0.788.